The topological polar surface area (TPSA) is 115 Å². The minimum absolute atomic E-state index is 0.128. The summed E-state index contributed by atoms with van der Waals surface area (Å²) in [5.41, 5.74) is 3.67. The van der Waals surface area contributed by atoms with Crippen molar-refractivity contribution in [3.05, 3.63) is 27.7 Å². The first-order valence-corrected chi connectivity index (χ1v) is 5.69. The number of carbonyl (C=O) groups is 2. The predicted octanol–water partition coefficient (Wildman–Crippen LogP) is -1.54. The number of carbonyl (C=O) groups excluding carboxylic acids is 2. The Kier molecular flexibility index (Phi) is 2.36. The molecule has 1 fully saturated rings. The summed E-state index contributed by atoms with van der Waals surface area (Å²) in [7, 11) is 0. The molecule has 8 nitrogen and oxygen atoms in total. The van der Waals surface area contributed by atoms with Crippen LogP contribution in [0.1, 0.15) is 20.8 Å². The molecule has 0 aromatic carbocycles. The number of amides is 2. The molecule has 100 valence electrons. The van der Waals surface area contributed by atoms with Gasteiger partial charge in [-0.2, -0.15) is 0 Å². The van der Waals surface area contributed by atoms with Crippen LogP contribution in [-0.4, -0.2) is 45.8 Å². The van der Waals surface area contributed by atoms with Gasteiger partial charge in [-0.05, 0) is 0 Å². The van der Waals surface area contributed by atoms with E-state index in [4.69, 9.17) is 10.5 Å². The highest BCUT2D eigenvalue weighted by molar-refractivity contribution is 5.98. The number of nitrogens with zero attached hydrogens (tertiary/aromatic N) is 2. The minimum atomic E-state index is -0.946. The van der Waals surface area contributed by atoms with Crippen molar-refractivity contribution in [2.45, 2.75) is 12.8 Å². The zero-order valence-corrected chi connectivity index (χ0v) is 9.83. The fourth-order valence-electron chi connectivity index (χ4n) is 2.40. The predicted molar refractivity (Wildman–Crippen MR) is 61.7 cm³/mol. The number of rotatable bonds is 1. The molecule has 19 heavy (non-hydrogen) atoms. The monoisotopic (exact) mass is 265 g/mol. The van der Waals surface area contributed by atoms with Crippen LogP contribution in [0.15, 0.2) is 11.0 Å². The molecule has 1 saturated heterocycles. The van der Waals surface area contributed by atoms with Gasteiger partial charge in [-0.3, -0.25) is 14.4 Å². The van der Waals surface area contributed by atoms with Gasteiger partial charge in [-0.15, -0.1) is 0 Å². The number of hydrogen-bond acceptors (Lipinski definition) is 5. The summed E-state index contributed by atoms with van der Waals surface area (Å²) in [6, 6.07) is 0. The van der Waals surface area contributed by atoms with E-state index in [0.717, 1.165) is 0 Å². The molecule has 2 aliphatic heterocycles. The number of hydrogen-bond donors (Lipinski definition) is 2. The van der Waals surface area contributed by atoms with Crippen molar-refractivity contribution in [2.75, 3.05) is 13.2 Å². The van der Waals surface area contributed by atoms with Crippen LogP contribution in [0.2, 0.25) is 0 Å². The summed E-state index contributed by atoms with van der Waals surface area (Å²) >= 11 is 0. The van der Waals surface area contributed by atoms with Gasteiger partial charge in [0.1, 0.15) is 5.56 Å². The third-order valence-electron chi connectivity index (χ3n) is 3.33. The van der Waals surface area contributed by atoms with Crippen molar-refractivity contribution >= 4 is 11.8 Å². The van der Waals surface area contributed by atoms with E-state index in [9.17, 15) is 19.5 Å². The van der Waals surface area contributed by atoms with Gasteiger partial charge >= 0.3 is 0 Å². The average molecular weight is 265 g/mol. The maximum absolute atomic E-state index is 12.2. The minimum Gasteiger partial charge on any atom is -0.503 e. The fourth-order valence-corrected chi connectivity index (χ4v) is 2.40. The van der Waals surface area contributed by atoms with Crippen LogP contribution in [0.5, 0.6) is 5.75 Å². The average Bonchev–Trinajstić information content (AvgIpc) is 2.81. The van der Waals surface area contributed by atoms with E-state index in [1.54, 1.807) is 0 Å². The number of fused-ring (bicyclic) bond motifs is 2. The molecule has 0 bridgehead atoms. The second-order valence-electron chi connectivity index (χ2n) is 4.41. The lowest BCUT2D eigenvalue weighted by Crippen LogP contribution is -2.46. The lowest BCUT2D eigenvalue weighted by Gasteiger charge is -2.31. The van der Waals surface area contributed by atoms with Crippen LogP contribution in [0.25, 0.3) is 0 Å². The second kappa shape index (κ2) is 3.82. The summed E-state index contributed by atoms with van der Waals surface area (Å²) in [6.07, 6.45) is 0.749. The Labute approximate surface area is 107 Å². The van der Waals surface area contributed by atoms with Gasteiger partial charge in [0.25, 0.3) is 11.8 Å². The molecule has 8 heteroatoms. The molecule has 0 radical (unpaired) electrons. The maximum atomic E-state index is 12.2. The fraction of sp³-hybridized carbons (Fsp3) is 0.364. The lowest BCUT2D eigenvalue weighted by molar-refractivity contribution is 0.00846. The normalized spacial score (nSPS) is 21.2. The molecule has 1 atom stereocenters. The Balaban J connectivity index is 2.22. The Hall–Kier alpha value is -2.35. The van der Waals surface area contributed by atoms with Crippen molar-refractivity contribution in [1.82, 2.24) is 9.47 Å². The number of pyridine rings is 1. The standard InChI is InChI=1S/C11H11N3O5/c12-10(17)5-3-13-4-6-14(1-2-19-6)11(18)7(13)9(16)8(5)15/h3,6,16H,1-2,4H2,(H2,12,17). The van der Waals surface area contributed by atoms with E-state index in [1.165, 1.54) is 15.7 Å². The number of nitrogens with two attached hydrogens (primary N) is 1. The van der Waals surface area contributed by atoms with Gasteiger partial charge in [0.2, 0.25) is 5.43 Å². The summed E-state index contributed by atoms with van der Waals surface area (Å²) < 4.78 is 6.70. The van der Waals surface area contributed by atoms with E-state index in [2.05, 4.69) is 0 Å². The van der Waals surface area contributed by atoms with Crippen LogP contribution in [0.3, 0.4) is 0 Å². The first kappa shape index (κ1) is 11.7. The highest BCUT2D eigenvalue weighted by Gasteiger charge is 2.39. The largest absolute Gasteiger partial charge is 0.503 e. The van der Waals surface area contributed by atoms with Gasteiger partial charge in [0.15, 0.2) is 17.7 Å². The van der Waals surface area contributed by atoms with E-state index in [0.29, 0.717) is 13.2 Å². The zero-order valence-electron chi connectivity index (χ0n) is 9.83. The van der Waals surface area contributed by atoms with Gasteiger partial charge < -0.3 is 25.0 Å². The van der Waals surface area contributed by atoms with Crippen molar-refractivity contribution in [3.8, 4) is 5.75 Å². The molecular formula is C11H11N3O5. The Morgan fingerprint density at radius 1 is 1.47 bits per heavy atom. The van der Waals surface area contributed by atoms with Crippen LogP contribution in [0.4, 0.5) is 0 Å². The highest BCUT2D eigenvalue weighted by atomic mass is 16.5. The zero-order chi connectivity index (χ0) is 13.7. The molecule has 1 aromatic heterocycles. The third kappa shape index (κ3) is 1.53. The first-order chi connectivity index (χ1) is 9.00. The van der Waals surface area contributed by atoms with E-state index in [1.807, 2.05) is 0 Å². The summed E-state index contributed by atoms with van der Waals surface area (Å²) in [4.78, 5) is 36.5. The van der Waals surface area contributed by atoms with Crippen LogP contribution in [-0.2, 0) is 11.3 Å². The number of primary amides is 1. The molecule has 1 aromatic rings. The molecule has 0 spiro atoms. The van der Waals surface area contributed by atoms with E-state index >= 15 is 0 Å². The van der Waals surface area contributed by atoms with Gasteiger partial charge in [-0.1, -0.05) is 0 Å². The van der Waals surface area contributed by atoms with Crippen molar-refractivity contribution in [3.63, 3.8) is 0 Å². The lowest BCUT2D eigenvalue weighted by atomic mass is 10.1. The molecule has 3 heterocycles. The molecule has 1 unspecified atom stereocenters. The SMILES string of the molecule is NC(=O)c1cn2c(c(O)c1=O)C(=O)N1CCOC1C2. The van der Waals surface area contributed by atoms with Gasteiger partial charge in [0.05, 0.1) is 13.2 Å². The highest BCUT2D eigenvalue weighted by Crippen LogP contribution is 2.26. The molecule has 0 aliphatic carbocycles. The summed E-state index contributed by atoms with van der Waals surface area (Å²) in [6.45, 7) is 1.06. The Morgan fingerprint density at radius 2 is 2.21 bits per heavy atom. The number of aromatic hydroxyl groups is 1. The maximum Gasteiger partial charge on any atom is 0.276 e. The van der Waals surface area contributed by atoms with Crippen LogP contribution in [0, 0.1) is 0 Å². The van der Waals surface area contributed by atoms with E-state index < -0.39 is 29.2 Å². The molecule has 0 saturated carbocycles. The van der Waals surface area contributed by atoms with Gasteiger partial charge in [0, 0.05) is 12.7 Å². The smallest absolute Gasteiger partial charge is 0.276 e. The second-order valence-corrected chi connectivity index (χ2v) is 4.41. The summed E-state index contributed by atoms with van der Waals surface area (Å²) in [5.74, 6) is -2.18. The Bertz CT molecular complexity index is 650. The van der Waals surface area contributed by atoms with Crippen molar-refractivity contribution in [2.24, 2.45) is 5.73 Å². The quantitative estimate of drug-likeness (QED) is 0.639. The molecule has 2 amide bonds. The Morgan fingerprint density at radius 3 is 2.89 bits per heavy atom. The van der Waals surface area contributed by atoms with Crippen molar-refractivity contribution in [1.29, 1.82) is 0 Å². The first-order valence-electron chi connectivity index (χ1n) is 5.69. The summed E-state index contributed by atoms with van der Waals surface area (Å²) in [5, 5.41) is 9.83. The molecule has 3 N–H and O–H groups in total. The molecule has 3 rings (SSSR count). The molecule has 2 aliphatic rings. The van der Waals surface area contributed by atoms with Crippen LogP contribution < -0.4 is 11.2 Å². The van der Waals surface area contributed by atoms with Gasteiger partial charge in [-0.25, -0.2) is 0 Å². The van der Waals surface area contributed by atoms with E-state index in [-0.39, 0.29) is 17.8 Å². The number of aromatic nitrogens is 1. The third-order valence-corrected chi connectivity index (χ3v) is 3.33. The molecular weight excluding hydrogens is 254 g/mol. The van der Waals surface area contributed by atoms with Crippen LogP contribution >= 0.6 is 0 Å². The number of ether oxygens (including phenoxy) is 1. The van der Waals surface area contributed by atoms with Crippen molar-refractivity contribution < 1.29 is 19.4 Å².